The van der Waals surface area contributed by atoms with Crippen molar-refractivity contribution >= 4 is 27.7 Å². The van der Waals surface area contributed by atoms with Gasteiger partial charge in [-0.25, -0.2) is 4.39 Å². The lowest BCUT2D eigenvalue weighted by molar-refractivity contribution is -0.126. The Kier molecular flexibility index (Phi) is 7.40. The minimum atomic E-state index is -0.522. The zero-order valence-corrected chi connectivity index (χ0v) is 18.1. The third kappa shape index (κ3) is 6.28. The molecule has 0 saturated carbocycles. The molecule has 1 N–H and O–H groups in total. The van der Waals surface area contributed by atoms with E-state index in [0.29, 0.717) is 36.9 Å². The first kappa shape index (κ1) is 21.8. The SMILES string of the molecule is CN(C)CC(C)(C)CNC(=O)C1CCN(C(=O)c2cc(Br)ccc2F)CC1. The molecule has 150 valence electrons. The number of carbonyl (C=O) groups is 2. The number of likely N-dealkylation sites (tertiary alicyclic amines) is 1. The van der Waals surface area contributed by atoms with Crippen LogP contribution in [0.4, 0.5) is 4.39 Å². The van der Waals surface area contributed by atoms with E-state index in [1.807, 2.05) is 14.1 Å². The van der Waals surface area contributed by atoms with E-state index in [9.17, 15) is 14.0 Å². The first-order chi connectivity index (χ1) is 12.6. The quantitative estimate of drug-likeness (QED) is 0.737. The van der Waals surface area contributed by atoms with Crippen LogP contribution in [0.5, 0.6) is 0 Å². The Balaban J connectivity index is 1.86. The fourth-order valence-corrected chi connectivity index (χ4v) is 3.92. The van der Waals surface area contributed by atoms with Crippen molar-refractivity contribution in [1.29, 1.82) is 0 Å². The summed E-state index contributed by atoms with van der Waals surface area (Å²) in [4.78, 5) is 28.8. The summed E-state index contributed by atoms with van der Waals surface area (Å²) in [5.74, 6) is -0.898. The summed E-state index contributed by atoms with van der Waals surface area (Å²) in [5.41, 5.74) is 0.0614. The molecule has 2 rings (SSSR count). The molecule has 27 heavy (non-hydrogen) atoms. The summed E-state index contributed by atoms with van der Waals surface area (Å²) in [6.07, 6.45) is 1.20. The van der Waals surface area contributed by atoms with Gasteiger partial charge < -0.3 is 15.1 Å². The molecule has 0 spiro atoms. The Morgan fingerprint density at radius 2 is 1.93 bits per heavy atom. The Morgan fingerprint density at radius 1 is 1.30 bits per heavy atom. The van der Waals surface area contributed by atoms with Crippen LogP contribution in [0.2, 0.25) is 0 Å². The van der Waals surface area contributed by atoms with Crippen molar-refractivity contribution in [2.24, 2.45) is 11.3 Å². The minimum Gasteiger partial charge on any atom is -0.355 e. The molecule has 5 nitrogen and oxygen atoms in total. The molecule has 0 atom stereocenters. The highest BCUT2D eigenvalue weighted by atomic mass is 79.9. The number of rotatable bonds is 6. The van der Waals surface area contributed by atoms with Crippen LogP contribution < -0.4 is 5.32 Å². The Labute approximate surface area is 169 Å². The highest BCUT2D eigenvalue weighted by Gasteiger charge is 2.30. The normalized spacial score (nSPS) is 15.9. The fraction of sp³-hybridized carbons (Fsp3) is 0.600. The largest absolute Gasteiger partial charge is 0.355 e. The number of carbonyl (C=O) groups excluding carboxylic acids is 2. The van der Waals surface area contributed by atoms with Crippen LogP contribution >= 0.6 is 15.9 Å². The molecule has 0 unspecified atom stereocenters. The molecule has 1 aromatic carbocycles. The van der Waals surface area contributed by atoms with Crippen LogP contribution in [-0.2, 0) is 4.79 Å². The summed E-state index contributed by atoms with van der Waals surface area (Å²) in [6.45, 7) is 6.68. The summed E-state index contributed by atoms with van der Waals surface area (Å²) < 4.78 is 14.6. The van der Waals surface area contributed by atoms with Crippen LogP contribution in [0.3, 0.4) is 0 Å². The third-order valence-corrected chi connectivity index (χ3v) is 5.29. The molecule has 1 fully saturated rings. The number of benzene rings is 1. The van der Waals surface area contributed by atoms with Crippen LogP contribution in [0.15, 0.2) is 22.7 Å². The van der Waals surface area contributed by atoms with Crippen molar-refractivity contribution < 1.29 is 14.0 Å². The van der Waals surface area contributed by atoms with Gasteiger partial charge >= 0.3 is 0 Å². The zero-order valence-electron chi connectivity index (χ0n) is 16.5. The van der Waals surface area contributed by atoms with Gasteiger partial charge in [-0.05, 0) is 50.6 Å². The Morgan fingerprint density at radius 3 is 2.52 bits per heavy atom. The van der Waals surface area contributed by atoms with Gasteiger partial charge in [-0.1, -0.05) is 29.8 Å². The molecule has 0 radical (unpaired) electrons. The minimum absolute atomic E-state index is 0.00590. The van der Waals surface area contributed by atoms with Crippen molar-refractivity contribution in [2.75, 3.05) is 40.3 Å². The molecule has 1 aromatic rings. The number of hydrogen-bond acceptors (Lipinski definition) is 3. The highest BCUT2D eigenvalue weighted by molar-refractivity contribution is 9.10. The molecular formula is C20H29BrFN3O2. The average molecular weight is 442 g/mol. The number of nitrogens with one attached hydrogen (secondary N) is 1. The first-order valence-electron chi connectivity index (χ1n) is 9.26. The molecule has 2 amide bonds. The van der Waals surface area contributed by atoms with E-state index >= 15 is 0 Å². The molecule has 1 aliphatic rings. The number of amides is 2. The van der Waals surface area contributed by atoms with Crippen LogP contribution in [0, 0.1) is 17.2 Å². The van der Waals surface area contributed by atoms with Gasteiger partial charge in [0.2, 0.25) is 5.91 Å². The average Bonchev–Trinajstić information content (AvgIpc) is 2.60. The van der Waals surface area contributed by atoms with Gasteiger partial charge in [0.25, 0.3) is 5.91 Å². The number of hydrogen-bond donors (Lipinski definition) is 1. The van der Waals surface area contributed by atoms with Crippen molar-refractivity contribution in [3.63, 3.8) is 0 Å². The molecular weight excluding hydrogens is 413 g/mol. The molecule has 7 heteroatoms. The first-order valence-corrected chi connectivity index (χ1v) is 10.0. The Bertz CT molecular complexity index is 686. The zero-order chi connectivity index (χ0) is 20.2. The van der Waals surface area contributed by atoms with Crippen LogP contribution in [-0.4, -0.2) is 61.9 Å². The van der Waals surface area contributed by atoms with E-state index < -0.39 is 5.82 Å². The lowest BCUT2D eigenvalue weighted by Crippen LogP contribution is -2.46. The topological polar surface area (TPSA) is 52.7 Å². The summed E-state index contributed by atoms with van der Waals surface area (Å²) in [6, 6.07) is 4.36. The maximum atomic E-state index is 13.9. The van der Waals surface area contributed by atoms with E-state index in [0.717, 1.165) is 6.54 Å². The predicted octanol–water partition coefficient (Wildman–Crippen LogP) is 3.14. The van der Waals surface area contributed by atoms with Gasteiger partial charge in [0, 0.05) is 36.6 Å². The standard InChI is InChI=1S/C20H29BrFN3O2/c1-20(2,13-24(3)4)12-23-18(26)14-7-9-25(10-8-14)19(27)16-11-15(21)5-6-17(16)22/h5-6,11,14H,7-10,12-13H2,1-4H3,(H,23,26). The second-order valence-corrected chi connectivity index (χ2v) is 9.23. The molecule has 1 aliphatic heterocycles. The number of nitrogens with zero attached hydrogens (tertiary/aromatic N) is 2. The van der Waals surface area contributed by atoms with Crippen molar-refractivity contribution in [3.05, 3.63) is 34.1 Å². The second kappa shape index (κ2) is 9.15. The van der Waals surface area contributed by atoms with Gasteiger partial charge in [-0.15, -0.1) is 0 Å². The molecule has 1 saturated heterocycles. The van der Waals surface area contributed by atoms with Crippen molar-refractivity contribution in [1.82, 2.24) is 15.1 Å². The van der Waals surface area contributed by atoms with Crippen LogP contribution in [0.25, 0.3) is 0 Å². The predicted molar refractivity (Wildman–Crippen MR) is 108 cm³/mol. The van der Waals surface area contributed by atoms with Gasteiger partial charge in [0.15, 0.2) is 0 Å². The fourth-order valence-electron chi connectivity index (χ4n) is 3.56. The van der Waals surface area contributed by atoms with E-state index in [2.05, 4.69) is 40.0 Å². The molecule has 1 heterocycles. The summed E-state index contributed by atoms with van der Waals surface area (Å²) in [5, 5.41) is 3.06. The van der Waals surface area contributed by atoms with Crippen molar-refractivity contribution in [2.45, 2.75) is 26.7 Å². The van der Waals surface area contributed by atoms with E-state index in [-0.39, 0.29) is 28.7 Å². The lowest BCUT2D eigenvalue weighted by Gasteiger charge is -2.33. The van der Waals surface area contributed by atoms with E-state index in [4.69, 9.17) is 0 Å². The molecule has 0 aliphatic carbocycles. The van der Waals surface area contributed by atoms with Gasteiger partial charge in [0.05, 0.1) is 5.56 Å². The maximum Gasteiger partial charge on any atom is 0.256 e. The third-order valence-electron chi connectivity index (χ3n) is 4.80. The van der Waals surface area contributed by atoms with Gasteiger partial charge in [0.1, 0.15) is 5.82 Å². The van der Waals surface area contributed by atoms with Gasteiger partial charge in [-0.2, -0.15) is 0 Å². The summed E-state index contributed by atoms with van der Waals surface area (Å²) >= 11 is 3.27. The number of halogens is 2. The van der Waals surface area contributed by atoms with Crippen molar-refractivity contribution in [3.8, 4) is 0 Å². The molecule has 0 bridgehead atoms. The Hall–Kier alpha value is -1.47. The van der Waals surface area contributed by atoms with E-state index in [1.54, 1.807) is 11.0 Å². The molecule has 0 aromatic heterocycles. The summed E-state index contributed by atoms with van der Waals surface area (Å²) in [7, 11) is 4.04. The van der Waals surface area contributed by atoms with Gasteiger partial charge in [-0.3, -0.25) is 9.59 Å². The smallest absolute Gasteiger partial charge is 0.256 e. The van der Waals surface area contributed by atoms with E-state index in [1.165, 1.54) is 12.1 Å². The number of piperidine rings is 1. The monoisotopic (exact) mass is 441 g/mol. The second-order valence-electron chi connectivity index (χ2n) is 8.31. The van der Waals surface area contributed by atoms with Crippen LogP contribution in [0.1, 0.15) is 37.0 Å². The maximum absolute atomic E-state index is 13.9. The highest BCUT2D eigenvalue weighted by Crippen LogP contribution is 2.23. The lowest BCUT2D eigenvalue weighted by atomic mass is 9.91.